The standard InChI is InChI=1S/C23H21N3O/c24-22(27)11-5-6-16-12-14-17(15-13-16)25-23-18-7-1-3-9-20(18)26-21-10-4-2-8-19(21)23/h1-4,7-10,12-15H,5-6,11H2,(H2,24,27)(H,25,26). The molecular formula is C23H21N3O. The molecular weight excluding hydrogens is 334 g/mol. The van der Waals surface area contributed by atoms with Gasteiger partial charge in [0.2, 0.25) is 5.91 Å². The summed E-state index contributed by atoms with van der Waals surface area (Å²) in [5.74, 6) is -0.246. The Labute approximate surface area is 158 Å². The van der Waals surface area contributed by atoms with Gasteiger partial charge in [-0.05, 0) is 42.7 Å². The first-order chi connectivity index (χ1) is 13.2. The number of benzene rings is 3. The van der Waals surface area contributed by atoms with Gasteiger partial charge in [0.05, 0.1) is 16.7 Å². The third kappa shape index (κ3) is 3.75. The van der Waals surface area contributed by atoms with Crippen LogP contribution in [0.1, 0.15) is 18.4 Å². The number of carbonyl (C=O) groups excluding carboxylic acids is 1. The van der Waals surface area contributed by atoms with Crippen molar-refractivity contribution >= 4 is 39.1 Å². The van der Waals surface area contributed by atoms with Crippen molar-refractivity contribution in [3.05, 3.63) is 78.4 Å². The minimum absolute atomic E-state index is 0.246. The number of carbonyl (C=O) groups is 1. The van der Waals surface area contributed by atoms with E-state index in [1.807, 2.05) is 36.4 Å². The number of aromatic nitrogens is 1. The lowest BCUT2D eigenvalue weighted by molar-refractivity contribution is -0.118. The molecule has 134 valence electrons. The van der Waals surface area contributed by atoms with Gasteiger partial charge in [-0.15, -0.1) is 0 Å². The lowest BCUT2D eigenvalue weighted by Crippen LogP contribution is -2.10. The van der Waals surface area contributed by atoms with Crippen LogP contribution in [0.25, 0.3) is 21.8 Å². The van der Waals surface area contributed by atoms with Gasteiger partial charge in [0.25, 0.3) is 0 Å². The van der Waals surface area contributed by atoms with Crippen molar-refractivity contribution in [3.63, 3.8) is 0 Å². The Kier molecular flexibility index (Phi) is 4.71. The molecule has 0 bridgehead atoms. The number of nitrogens with zero attached hydrogens (tertiary/aromatic N) is 1. The third-order valence-corrected chi connectivity index (χ3v) is 4.70. The Balaban J connectivity index is 1.65. The molecule has 0 saturated heterocycles. The van der Waals surface area contributed by atoms with E-state index in [9.17, 15) is 4.79 Å². The Morgan fingerprint density at radius 3 is 2.04 bits per heavy atom. The van der Waals surface area contributed by atoms with E-state index in [4.69, 9.17) is 10.7 Å². The smallest absolute Gasteiger partial charge is 0.217 e. The van der Waals surface area contributed by atoms with Crippen LogP contribution in [0, 0.1) is 0 Å². The van der Waals surface area contributed by atoms with Crippen LogP contribution < -0.4 is 11.1 Å². The van der Waals surface area contributed by atoms with Crippen LogP contribution in [0.4, 0.5) is 11.4 Å². The molecule has 4 rings (SSSR count). The van der Waals surface area contributed by atoms with E-state index >= 15 is 0 Å². The van der Waals surface area contributed by atoms with Gasteiger partial charge in [-0.3, -0.25) is 4.79 Å². The summed E-state index contributed by atoms with van der Waals surface area (Å²) in [7, 11) is 0. The van der Waals surface area contributed by atoms with Crippen LogP contribution >= 0.6 is 0 Å². The van der Waals surface area contributed by atoms with Crippen LogP contribution in [-0.4, -0.2) is 10.9 Å². The minimum Gasteiger partial charge on any atom is -0.370 e. The molecule has 0 aliphatic carbocycles. The molecule has 4 nitrogen and oxygen atoms in total. The SMILES string of the molecule is NC(=O)CCCc1ccc(Nc2c3ccccc3nc3ccccc23)cc1. The fraction of sp³-hybridized carbons (Fsp3) is 0.130. The van der Waals surface area contributed by atoms with Crippen molar-refractivity contribution in [2.45, 2.75) is 19.3 Å². The summed E-state index contributed by atoms with van der Waals surface area (Å²) in [6.45, 7) is 0. The maximum absolute atomic E-state index is 10.9. The number of rotatable bonds is 6. The van der Waals surface area contributed by atoms with Gasteiger partial charge in [-0.25, -0.2) is 4.98 Å². The van der Waals surface area contributed by atoms with Gasteiger partial charge in [0.1, 0.15) is 0 Å². The highest BCUT2D eigenvalue weighted by molar-refractivity contribution is 6.08. The van der Waals surface area contributed by atoms with E-state index < -0.39 is 0 Å². The monoisotopic (exact) mass is 355 g/mol. The molecule has 4 heteroatoms. The van der Waals surface area contributed by atoms with E-state index in [-0.39, 0.29) is 5.91 Å². The maximum atomic E-state index is 10.9. The average Bonchev–Trinajstić information content (AvgIpc) is 2.69. The van der Waals surface area contributed by atoms with Gasteiger partial charge in [0, 0.05) is 22.9 Å². The summed E-state index contributed by atoms with van der Waals surface area (Å²) in [6, 6.07) is 24.7. The summed E-state index contributed by atoms with van der Waals surface area (Å²) < 4.78 is 0. The van der Waals surface area contributed by atoms with Gasteiger partial charge in [-0.1, -0.05) is 48.5 Å². The molecule has 0 aliphatic rings. The fourth-order valence-electron chi connectivity index (χ4n) is 3.34. The van der Waals surface area contributed by atoms with Crippen LogP contribution in [-0.2, 0) is 11.2 Å². The summed E-state index contributed by atoms with van der Waals surface area (Å²) in [5.41, 5.74) is 10.4. The predicted octanol–water partition coefficient (Wildman–Crippen LogP) is 4.94. The van der Waals surface area contributed by atoms with Crippen molar-refractivity contribution in [2.75, 3.05) is 5.32 Å². The first-order valence-electron chi connectivity index (χ1n) is 9.12. The number of para-hydroxylation sites is 2. The molecule has 0 atom stereocenters. The van der Waals surface area contributed by atoms with E-state index in [1.165, 1.54) is 5.56 Å². The number of pyridine rings is 1. The van der Waals surface area contributed by atoms with Gasteiger partial charge in [0.15, 0.2) is 0 Å². The van der Waals surface area contributed by atoms with Crippen molar-refractivity contribution in [3.8, 4) is 0 Å². The number of nitrogens with one attached hydrogen (secondary N) is 1. The quantitative estimate of drug-likeness (QED) is 0.481. The number of anilines is 2. The number of hydrogen-bond donors (Lipinski definition) is 2. The van der Waals surface area contributed by atoms with Crippen LogP contribution in [0.2, 0.25) is 0 Å². The molecule has 27 heavy (non-hydrogen) atoms. The van der Waals surface area contributed by atoms with Crippen molar-refractivity contribution in [1.82, 2.24) is 4.98 Å². The normalized spacial score (nSPS) is 11.0. The number of nitrogens with two attached hydrogens (primary N) is 1. The first-order valence-corrected chi connectivity index (χ1v) is 9.12. The minimum atomic E-state index is -0.246. The molecule has 0 saturated carbocycles. The molecule has 1 aromatic heterocycles. The Bertz CT molecular complexity index is 1050. The second-order valence-electron chi connectivity index (χ2n) is 6.66. The topological polar surface area (TPSA) is 68.0 Å². The maximum Gasteiger partial charge on any atom is 0.217 e. The number of amides is 1. The highest BCUT2D eigenvalue weighted by Crippen LogP contribution is 2.33. The fourth-order valence-corrected chi connectivity index (χ4v) is 3.34. The number of fused-ring (bicyclic) bond motifs is 2. The van der Waals surface area contributed by atoms with E-state index in [1.54, 1.807) is 0 Å². The third-order valence-electron chi connectivity index (χ3n) is 4.70. The second kappa shape index (κ2) is 7.46. The lowest BCUT2D eigenvalue weighted by Gasteiger charge is -2.13. The zero-order valence-corrected chi connectivity index (χ0v) is 15.0. The average molecular weight is 355 g/mol. The number of hydrogen-bond acceptors (Lipinski definition) is 3. The molecule has 0 fully saturated rings. The lowest BCUT2D eigenvalue weighted by atomic mass is 10.1. The molecule has 0 unspecified atom stereocenters. The van der Waals surface area contributed by atoms with Crippen LogP contribution in [0.15, 0.2) is 72.8 Å². The molecule has 0 aliphatic heterocycles. The summed E-state index contributed by atoms with van der Waals surface area (Å²) in [4.78, 5) is 15.6. The zero-order chi connectivity index (χ0) is 18.6. The van der Waals surface area contributed by atoms with Gasteiger partial charge in [-0.2, -0.15) is 0 Å². The van der Waals surface area contributed by atoms with E-state index in [0.29, 0.717) is 6.42 Å². The molecule has 1 amide bonds. The number of aryl methyl sites for hydroxylation is 1. The van der Waals surface area contributed by atoms with Crippen molar-refractivity contribution < 1.29 is 4.79 Å². The van der Waals surface area contributed by atoms with Gasteiger partial charge < -0.3 is 11.1 Å². The Morgan fingerprint density at radius 1 is 0.852 bits per heavy atom. The van der Waals surface area contributed by atoms with E-state index in [0.717, 1.165) is 46.0 Å². The summed E-state index contributed by atoms with van der Waals surface area (Å²) in [6.07, 6.45) is 2.06. The summed E-state index contributed by atoms with van der Waals surface area (Å²) >= 11 is 0. The Hall–Kier alpha value is -3.40. The molecule has 0 spiro atoms. The highest BCUT2D eigenvalue weighted by Gasteiger charge is 2.09. The molecule has 0 radical (unpaired) electrons. The molecule has 3 aromatic carbocycles. The zero-order valence-electron chi connectivity index (χ0n) is 15.0. The molecule has 1 heterocycles. The van der Waals surface area contributed by atoms with Crippen LogP contribution in [0.3, 0.4) is 0 Å². The molecule has 3 N–H and O–H groups in total. The largest absolute Gasteiger partial charge is 0.370 e. The predicted molar refractivity (Wildman–Crippen MR) is 111 cm³/mol. The van der Waals surface area contributed by atoms with Gasteiger partial charge >= 0.3 is 0 Å². The molecule has 4 aromatic rings. The summed E-state index contributed by atoms with van der Waals surface area (Å²) in [5, 5.41) is 5.77. The number of primary amides is 1. The van der Waals surface area contributed by atoms with Crippen molar-refractivity contribution in [2.24, 2.45) is 5.73 Å². The second-order valence-corrected chi connectivity index (χ2v) is 6.66. The van der Waals surface area contributed by atoms with E-state index in [2.05, 4.69) is 41.7 Å². The highest BCUT2D eigenvalue weighted by atomic mass is 16.1. The van der Waals surface area contributed by atoms with Crippen molar-refractivity contribution in [1.29, 1.82) is 0 Å². The first kappa shape index (κ1) is 17.0. The Morgan fingerprint density at radius 2 is 1.44 bits per heavy atom. The van der Waals surface area contributed by atoms with Crippen LogP contribution in [0.5, 0.6) is 0 Å².